The van der Waals surface area contributed by atoms with E-state index in [1.807, 2.05) is 6.07 Å². The maximum absolute atomic E-state index is 8.55. The molecule has 0 saturated heterocycles. The number of pyridine rings is 1. The largest absolute Gasteiger partial charge is 0.329 e. The summed E-state index contributed by atoms with van der Waals surface area (Å²) < 4.78 is 0. The van der Waals surface area contributed by atoms with E-state index in [-0.39, 0.29) is 6.04 Å². The van der Waals surface area contributed by atoms with E-state index in [4.69, 9.17) is 16.7 Å². The molecular weight excluding hydrogens is 152 g/mol. The van der Waals surface area contributed by atoms with E-state index in [0.717, 1.165) is 5.56 Å². The van der Waals surface area contributed by atoms with Gasteiger partial charge in [-0.2, -0.15) is 5.26 Å². The Balaban J connectivity index is 2.95. The second-order valence-electron chi connectivity index (χ2n) is 2.46. The highest BCUT2D eigenvalue weighted by Gasteiger charge is 2.03. The van der Waals surface area contributed by atoms with Gasteiger partial charge in [-0.05, 0) is 11.6 Å². The van der Waals surface area contributed by atoms with E-state index in [2.05, 4.69) is 4.98 Å². The Hall–Kier alpha value is -1.44. The first-order valence-corrected chi connectivity index (χ1v) is 3.58. The summed E-state index contributed by atoms with van der Waals surface area (Å²) in [5.41, 5.74) is 12.3. The van der Waals surface area contributed by atoms with Crippen molar-refractivity contribution in [1.82, 2.24) is 4.98 Å². The highest BCUT2D eigenvalue weighted by molar-refractivity contribution is 5.30. The number of nitrogens with zero attached hydrogens (tertiary/aromatic N) is 2. The molecule has 62 valence electrons. The van der Waals surface area contributed by atoms with Crippen LogP contribution in [0.15, 0.2) is 18.5 Å². The minimum Gasteiger partial charge on any atom is -0.329 e. The molecule has 1 aromatic heterocycles. The van der Waals surface area contributed by atoms with Gasteiger partial charge in [0, 0.05) is 25.0 Å². The molecule has 12 heavy (non-hydrogen) atoms. The molecule has 0 unspecified atom stereocenters. The third kappa shape index (κ3) is 1.78. The Kier molecular flexibility index (Phi) is 2.75. The molecule has 1 aromatic rings. The van der Waals surface area contributed by atoms with Gasteiger partial charge in [0.2, 0.25) is 0 Å². The third-order valence-electron chi connectivity index (χ3n) is 1.57. The van der Waals surface area contributed by atoms with Gasteiger partial charge in [-0.15, -0.1) is 0 Å². The number of hydrogen-bond donors (Lipinski definition) is 2. The lowest BCUT2D eigenvalue weighted by atomic mass is 10.1. The molecule has 1 atom stereocenters. The fraction of sp³-hybridized carbons (Fsp3) is 0.250. The first-order chi connectivity index (χ1) is 5.77. The number of nitrogens with two attached hydrogens (primary N) is 2. The quantitative estimate of drug-likeness (QED) is 0.636. The van der Waals surface area contributed by atoms with Crippen LogP contribution in [0, 0.1) is 11.3 Å². The van der Waals surface area contributed by atoms with Crippen molar-refractivity contribution in [3.63, 3.8) is 0 Å². The van der Waals surface area contributed by atoms with Crippen molar-refractivity contribution in [2.24, 2.45) is 11.5 Å². The van der Waals surface area contributed by atoms with Crippen molar-refractivity contribution < 1.29 is 0 Å². The molecule has 4 heteroatoms. The maximum Gasteiger partial charge on any atom is 0.101 e. The van der Waals surface area contributed by atoms with E-state index in [1.165, 1.54) is 6.20 Å². The Morgan fingerprint density at radius 1 is 1.58 bits per heavy atom. The van der Waals surface area contributed by atoms with E-state index < -0.39 is 0 Å². The Bertz CT molecular complexity index is 302. The maximum atomic E-state index is 8.55. The zero-order valence-corrected chi connectivity index (χ0v) is 6.57. The summed E-state index contributed by atoms with van der Waals surface area (Å²) in [6.07, 6.45) is 3.12. The SMILES string of the molecule is N#Cc1cncc([C@@H](N)CN)c1. The Morgan fingerprint density at radius 3 is 2.92 bits per heavy atom. The van der Waals surface area contributed by atoms with E-state index >= 15 is 0 Å². The second-order valence-corrected chi connectivity index (χ2v) is 2.46. The molecule has 0 aliphatic heterocycles. The van der Waals surface area contributed by atoms with E-state index in [1.54, 1.807) is 12.3 Å². The molecule has 0 amide bonds. The summed E-state index contributed by atoms with van der Waals surface area (Å²) in [6, 6.07) is 3.46. The van der Waals surface area contributed by atoms with Crippen LogP contribution in [0.3, 0.4) is 0 Å². The van der Waals surface area contributed by atoms with Crippen LogP contribution < -0.4 is 11.5 Å². The van der Waals surface area contributed by atoms with Crippen LogP contribution in [-0.2, 0) is 0 Å². The summed E-state index contributed by atoms with van der Waals surface area (Å²) >= 11 is 0. The predicted octanol–water partition coefficient (Wildman–Crippen LogP) is -0.0882. The lowest BCUT2D eigenvalue weighted by molar-refractivity contribution is 0.732. The average molecular weight is 162 g/mol. The van der Waals surface area contributed by atoms with Crippen molar-refractivity contribution in [2.75, 3.05) is 6.54 Å². The standard InChI is InChI=1S/C8H10N4/c9-2-6-1-7(5-12-4-6)8(11)3-10/h1,4-5,8H,3,10-11H2/t8-/m0/s1. The fourth-order valence-corrected chi connectivity index (χ4v) is 0.858. The topological polar surface area (TPSA) is 88.7 Å². The van der Waals surface area contributed by atoms with Crippen molar-refractivity contribution in [2.45, 2.75) is 6.04 Å². The molecule has 0 aliphatic rings. The highest BCUT2D eigenvalue weighted by atomic mass is 14.7. The molecule has 0 aliphatic carbocycles. The van der Waals surface area contributed by atoms with Gasteiger partial charge in [-0.25, -0.2) is 0 Å². The number of rotatable bonds is 2. The highest BCUT2D eigenvalue weighted by Crippen LogP contribution is 2.08. The van der Waals surface area contributed by atoms with Crippen LogP contribution in [0.2, 0.25) is 0 Å². The minimum absolute atomic E-state index is 0.231. The molecule has 1 rings (SSSR count). The second kappa shape index (κ2) is 3.81. The summed E-state index contributed by atoms with van der Waals surface area (Å²) in [7, 11) is 0. The van der Waals surface area contributed by atoms with Crippen LogP contribution >= 0.6 is 0 Å². The first kappa shape index (κ1) is 8.65. The number of nitriles is 1. The van der Waals surface area contributed by atoms with Crippen molar-refractivity contribution >= 4 is 0 Å². The summed E-state index contributed by atoms with van der Waals surface area (Å²) in [5, 5.41) is 8.55. The molecule has 4 N–H and O–H groups in total. The number of hydrogen-bond acceptors (Lipinski definition) is 4. The van der Waals surface area contributed by atoms with Gasteiger partial charge in [-0.3, -0.25) is 4.98 Å². The van der Waals surface area contributed by atoms with Crippen LogP contribution in [-0.4, -0.2) is 11.5 Å². The number of aromatic nitrogens is 1. The minimum atomic E-state index is -0.231. The molecule has 0 saturated carbocycles. The van der Waals surface area contributed by atoms with Crippen molar-refractivity contribution in [3.8, 4) is 6.07 Å². The summed E-state index contributed by atoms with van der Waals surface area (Å²) in [4.78, 5) is 3.87. The molecule has 0 fully saturated rings. The molecule has 1 heterocycles. The van der Waals surface area contributed by atoms with Gasteiger partial charge < -0.3 is 11.5 Å². The van der Waals surface area contributed by atoms with Gasteiger partial charge in [0.1, 0.15) is 6.07 Å². The molecule has 0 aromatic carbocycles. The Morgan fingerprint density at radius 2 is 2.33 bits per heavy atom. The van der Waals surface area contributed by atoms with Gasteiger partial charge in [0.25, 0.3) is 0 Å². The predicted molar refractivity (Wildman–Crippen MR) is 44.9 cm³/mol. The van der Waals surface area contributed by atoms with Crippen LogP contribution in [0.1, 0.15) is 17.2 Å². The zero-order chi connectivity index (χ0) is 8.97. The first-order valence-electron chi connectivity index (χ1n) is 3.58. The van der Waals surface area contributed by atoms with E-state index in [0.29, 0.717) is 12.1 Å². The third-order valence-corrected chi connectivity index (χ3v) is 1.57. The smallest absolute Gasteiger partial charge is 0.101 e. The monoisotopic (exact) mass is 162 g/mol. The molecule has 4 nitrogen and oxygen atoms in total. The molecule has 0 bridgehead atoms. The molecule has 0 spiro atoms. The normalized spacial score (nSPS) is 12.1. The van der Waals surface area contributed by atoms with Crippen LogP contribution in [0.25, 0.3) is 0 Å². The van der Waals surface area contributed by atoms with Crippen molar-refractivity contribution in [1.29, 1.82) is 5.26 Å². The lowest BCUT2D eigenvalue weighted by Gasteiger charge is -2.07. The zero-order valence-electron chi connectivity index (χ0n) is 6.57. The summed E-state index contributed by atoms with van der Waals surface area (Å²) in [6.45, 7) is 0.358. The lowest BCUT2D eigenvalue weighted by Crippen LogP contribution is -2.20. The van der Waals surface area contributed by atoms with E-state index in [9.17, 15) is 0 Å². The average Bonchev–Trinajstić information content (AvgIpc) is 2.17. The van der Waals surface area contributed by atoms with Gasteiger partial charge in [0.15, 0.2) is 0 Å². The fourth-order valence-electron chi connectivity index (χ4n) is 0.858. The van der Waals surface area contributed by atoms with Gasteiger partial charge in [0.05, 0.1) is 5.56 Å². The van der Waals surface area contributed by atoms with Crippen LogP contribution in [0.5, 0.6) is 0 Å². The van der Waals surface area contributed by atoms with Gasteiger partial charge in [-0.1, -0.05) is 0 Å². The Labute approximate surface area is 70.8 Å². The molecular formula is C8H10N4. The molecule has 0 radical (unpaired) electrons. The van der Waals surface area contributed by atoms with Gasteiger partial charge >= 0.3 is 0 Å². The van der Waals surface area contributed by atoms with Crippen molar-refractivity contribution in [3.05, 3.63) is 29.6 Å². The van der Waals surface area contributed by atoms with Crippen LogP contribution in [0.4, 0.5) is 0 Å². The summed E-state index contributed by atoms with van der Waals surface area (Å²) in [5.74, 6) is 0.